The van der Waals surface area contributed by atoms with Crippen LogP contribution in [0.5, 0.6) is 5.75 Å². The number of sulfone groups is 1. The minimum absolute atomic E-state index is 0.120. The molecule has 0 bridgehead atoms. The van der Waals surface area contributed by atoms with E-state index < -0.39 is 9.84 Å². The van der Waals surface area contributed by atoms with Crippen LogP contribution in [0.1, 0.15) is 18.9 Å². The van der Waals surface area contributed by atoms with Crippen LogP contribution in [0.3, 0.4) is 0 Å². The second-order valence-corrected chi connectivity index (χ2v) is 9.23. The zero-order chi connectivity index (χ0) is 20.3. The van der Waals surface area contributed by atoms with Gasteiger partial charge in [-0.25, -0.2) is 13.1 Å². The molecule has 1 aromatic heterocycles. The molecule has 0 unspecified atom stereocenters. The Bertz CT molecular complexity index is 1100. The first-order valence-corrected chi connectivity index (χ1v) is 11.5. The molecule has 0 spiro atoms. The Morgan fingerprint density at radius 2 is 1.93 bits per heavy atom. The van der Waals surface area contributed by atoms with Crippen LogP contribution in [0.25, 0.3) is 16.9 Å². The van der Waals surface area contributed by atoms with Crippen molar-refractivity contribution in [2.24, 2.45) is 4.99 Å². The van der Waals surface area contributed by atoms with Gasteiger partial charge in [0.05, 0.1) is 29.8 Å². The Labute approximate surface area is 170 Å². The van der Waals surface area contributed by atoms with Gasteiger partial charge in [0, 0.05) is 23.5 Å². The Morgan fingerprint density at radius 1 is 1.17 bits per heavy atom. The van der Waals surface area contributed by atoms with Crippen LogP contribution in [0.15, 0.2) is 65.8 Å². The fraction of sp³-hybridized carbons (Fsp3) is 0.273. The molecule has 0 amide bonds. The van der Waals surface area contributed by atoms with Crippen LogP contribution in [0.4, 0.5) is 0 Å². The molecule has 1 atom stereocenters. The smallest absolute Gasteiger partial charge is 0.152 e. The first kappa shape index (κ1) is 19.4. The second-order valence-electron chi connectivity index (χ2n) is 7.01. The number of ether oxygens (including phenoxy) is 1. The van der Waals surface area contributed by atoms with E-state index in [0.29, 0.717) is 13.0 Å². The van der Waals surface area contributed by atoms with E-state index in [1.165, 1.54) is 0 Å². The molecule has 2 aromatic carbocycles. The predicted octanol–water partition coefficient (Wildman–Crippen LogP) is 3.54. The van der Waals surface area contributed by atoms with Crippen molar-refractivity contribution >= 4 is 16.1 Å². The van der Waals surface area contributed by atoms with Crippen molar-refractivity contribution < 1.29 is 13.2 Å². The molecule has 0 N–H and O–H groups in total. The Morgan fingerprint density at radius 3 is 2.59 bits per heavy atom. The molecule has 3 aromatic rings. The van der Waals surface area contributed by atoms with Crippen LogP contribution in [0, 0.1) is 0 Å². The third-order valence-corrected chi connectivity index (χ3v) is 6.59. The summed E-state index contributed by atoms with van der Waals surface area (Å²) in [6.07, 6.45) is 4.25. The van der Waals surface area contributed by atoms with Crippen molar-refractivity contribution in [1.29, 1.82) is 0 Å². The van der Waals surface area contributed by atoms with Gasteiger partial charge in [-0.3, -0.25) is 4.99 Å². The topological polar surface area (TPSA) is 73.5 Å². The first-order chi connectivity index (χ1) is 14.0. The van der Waals surface area contributed by atoms with Crippen LogP contribution >= 0.6 is 0 Å². The highest BCUT2D eigenvalue weighted by molar-refractivity contribution is 7.91. The predicted molar refractivity (Wildman–Crippen MR) is 115 cm³/mol. The summed E-state index contributed by atoms with van der Waals surface area (Å²) in [6, 6.07) is 17.5. The van der Waals surface area contributed by atoms with E-state index in [1.807, 2.05) is 72.4 Å². The molecule has 4 rings (SSSR count). The van der Waals surface area contributed by atoms with Crippen molar-refractivity contribution in [3.8, 4) is 22.7 Å². The SMILES string of the molecule is CCOc1ccc(-c2nn(-c3ccccc3)cc2C=N[C@H]2CCS(=O)(=O)C2)cc1. The maximum Gasteiger partial charge on any atom is 0.152 e. The number of hydrogen-bond acceptors (Lipinski definition) is 5. The summed E-state index contributed by atoms with van der Waals surface area (Å²) in [5, 5.41) is 4.77. The molecule has 1 fully saturated rings. The van der Waals surface area contributed by atoms with Crippen LogP contribution < -0.4 is 4.74 Å². The fourth-order valence-corrected chi connectivity index (χ4v) is 5.01. The Kier molecular flexibility index (Phi) is 5.49. The average Bonchev–Trinajstić information content (AvgIpc) is 3.31. The maximum absolute atomic E-state index is 11.7. The largest absolute Gasteiger partial charge is 0.494 e. The van der Waals surface area contributed by atoms with Gasteiger partial charge in [-0.15, -0.1) is 0 Å². The summed E-state index contributed by atoms with van der Waals surface area (Å²) < 4.78 is 30.8. The fourth-order valence-electron chi connectivity index (χ4n) is 3.37. The minimum atomic E-state index is -2.96. The molecule has 1 aliphatic rings. The van der Waals surface area contributed by atoms with Crippen LogP contribution in [0.2, 0.25) is 0 Å². The molecule has 1 aliphatic heterocycles. The van der Waals surface area contributed by atoms with Crippen LogP contribution in [-0.2, 0) is 9.84 Å². The number of nitrogens with zero attached hydrogens (tertiary/aromatic N) is 3. The molecule has 6 nitrogen and oxygen atoms in total. The van der Waals surface area contributed by atoms with Gasteiger partial charge in [-0.2, -0.15) is 5.10 Å². The molecule has 7 heteroatoms. The maximum atomic E-state index is 11.7. The van der Waals surface area contributed by atoms with Gasteiger partial charge in [-0.1, -0.05) is 18.2 Å². The van der Waals surface area contributed by atoms with Gasteiger partial charge in [0.2, 0.25) is 0 Å². The van der Waals surface area contributed by atoms with E-state index in [9.17, 15) is 8.42 Å². The minimum Gasteiger partial charge on any atom is -0.494 e. The van der Waals surface area contributed by atoms with Gasteiger partial charge in [0.15, 0.2) is 9.84 Å². The zero-order valence-corrected chi connectivity index (χ0v) is 17.0. The molecular weight excluding hydrogens is 386 g/mol. The highest BCUT2D eigenvalue weighted by atomic mass is 32.2. The monoisotopic (exact) mass is 409 g/mol. The average molecular weight is 410 g/mol. The zero-order valence-electron chi connectivity index (χ0n) is 16.2. The van der Waals surface area contributed by atoms with Crippen LogP contribution in [-0.4, -0.2) is 48.6 Å². The lowest BCUT2D eigenvalue weighted by molar-refractivity contribution is 0.340. The van der Waals surface area contributed by atoms with E-state index in [4.69, 9.17) is 9.84 Å². The molecule has 29 heavy (non-hydrogen) atoms. The van der Waals surface area contributed by atoms with E-state index in [-0.39, 0.29) is 17.5 Å². The van der Waals surface area contributed by atoms with E-state index >= 15 is 0 Å². The number of hydrogen-bond donors (Lipinski definition) is 0. The Balaban J connectivity index is 1.69. The Hall–Kier alpha value is -2.93. The normalized spacial score (nSPS) is 18.3. The quantitative estimate of drug-likeness (QED) is 0.584. The van der Waals surface area contributed by atoms with Crippen molar-refractivity contribution in [3.63, 3.8) is 0 Å². The van der Waals surface area contributed by atoms with Gasteiger partial charge in [0.1, 0.15) is 11.4 Å². The summed E-state index contributed by atoms with van der Waals surface area (Å²) in [6.45, 7) is 2.57. The molecule has 2 heterocycles. The third-order valence-electron chi connectivity index (χ3n) is 4.83. The highest BCUT2D eigenvalue weighted by Crippen LogP contribution is 2.25. The number of rotatable bonds is 6. The van der Waals surface area contributed by atoms with Gasteiger partial charge >= 0.3 is 0 Å². The lowest BCUT2D eigenvalue weighted by Gasteiger charge is -2.04. The molecule has 0 aliphatic carbocycles. The summed E-state index contributed by atoms with van der Waals surface area (Å²) >= 11 is 0. The summed E-state index contributed by atoms with van der Waals surface area (Å²) in [4.78, 5) is 4.55. The summed E-state index contributed by atoms with van der Waals surface area (Å²) in [7, 11) is -2.96. The number of aromatic nitrogens is 2. The molecular formula is C22H23N3O3S. The second kappa shape index (κ2) is 8.21. The summed E-state index contributed by atoms with van der Waals surface area (Å²) in [5.74, 6) is 1.14. The van der Waals surface area contributed by atoms with Crippen molar-refractivity contribution in [1.82, 2.24) is 9.78 Å². The van der Waals surface area contributed by atoms with Gasteiger partial charge in [0.25, 0.3) is 0 Å². The molecule has 0 radical (unpaired) electrons. The standard InChI is InChI=1S/C22H23N3O3S/c1-2-28-21-10-8-17(9-11-21)22-18(14-23-19-12-13-29(26,27)16-19)15-25(24-22)20-6-4-3-5-7-20/h3-11,14-15,19H,2,12-13,16H2,1H3/t19-/m0/s1. The molecule has 150 valence electrons. The lowest BCUT2D eigenvalue weighted by Crippen LogP contribution is -2.07. The molecule has 0 saturated carbocycles. The first-order valence-electron chi connectivity index (χ1n) is 9.66. The van der Waals surface area contributed by atoms with Crippen molar-refractivity contribution in [2.45, 2.75) is 19.4 Å². The third kappa shape index (κ3) is 4.56. The number of para-hydroxylation sites is 1. The highest BCUT2D eigenvalue weighted by Gasteiger charge is 2.27. The van der Waals surface area contributed by atoms with E-state index in [0.717, 1.165) is 28.3 Å². The number of aliphatic imine (C=N–C) groups is 1. The lowest BCUT2D eigenvalue weighted by atomic mass is 10.1. The van der Waals surface area contributed by atoms with E-state index in [2.05, 4.69) is 4.99 Å². The van der Waals surface area contributed by atoms with Gasteiger partial charge in [-0.05, 0) is 49.7 Å². The van der Waals surface area contributed by atoms with Gasteiger partial charge < -0.3 is 4.74 Å². The molecule has 1 saturated heterocycles. The van der Waals surface area contributed by atoms with E-state index in [1.54, 1.807) is 6.21 Å². The summed E-state index contributed by atoms with van der Waals surface area (Å²) in [5.41, 5.74) is 3.54. The number of benzene rings is 2. The van der Waals surface area contributed by atoms with Crippen molar-refractivity contribution in [3.05, 3.63) is 66.4 Å². The van der Waals surface area contributed by atoms with Crippen molar-refractivity contribution in [2.75, 3.05) is 18.1 Å².